The molecule has 7 nitrogen and oxygen atoms in total. The zero-order chi connectivity index (χ0) is 31.5. The normalized spacial score (nSPS) is 19.6. The molecule has 1 aromatic heterocycles. The van der Waals surface area contributed by atoms with Gasteiger partial charge in [0.15, 0.2) is 0 Å². The molecule has 44 heavy (non-hydrogen) atoms. The van der Waals surface area contributed by atoms with E-state index in [0.29, 0.717) is 15.3 Å². The molecule has 2 aliphatic rings. The SMILES string of the molecule is O=C(Cn1c2c(sc1=O)[C@@H](c1cccc(Cl)c1Cl)[C@@H]1C(=O)N(c3ccccc3C(F)(F)F)C(=O)[C@@H]1S2)Nc1ccc(F)cc1. The molecule has 1 fully saturated rings. The Morgan fingerprint density at radius 1 is 0.932 bits per heavy atom. The number of benzene rings is 3. The molecule has 3 atom stereocenters. The first-order valence-corrected chi connectivity index (χ1v) is 15.3. The lowest BCUT2D eigenvalue weighted by Crippen LogP contribution is -2.33. The number of nitrogens with zero attached hydrogens (tertiary/aromatic N) is 2. The number of nitrogens with one attached hydrogen (secondary N) is 1. The maximum Gasteiger partial charge on any atom is 0.418 e. The zero-order valence-electron chi connectivity index (χ0n) is 21.9. The van der Waals surface area contributed by atoms with E-state index in [2.05, 4.69) is 5.32 Å². The summed E-state index contributed by atoms with van der Waals surface area (Å²) in [5.41, 5.74) is -1.19. The summed E-state index contributed by atoms with van der Waals surface area (Å²) in [6.45, 7) is -0.495. The van der Waals surface area contributed by atoms with Crippen molar-refractivity contribution in [1.29, 1.82) is 0 Å². The number of alkyl halides is 3. The van der Waals surface area contributed by atoms with Crippen LogP contribution in [0, 0.1) is 11.7 Å². The van der Waals surface area contributed by atoms with Gasteiger partial charge in [-0.1, -0.05) is 70.6 Å². The molecule has 226 valence electrons. The van der Waals surface area contributed by atoms with Crippen LogP contribution >= 0.6 is 46.3 Å². The van der Waals surface area contributed by atoms with E-state index < -0.39 is 69.5 Å². The van der Waals surface area contributed by atoms with Gasteiger partial charge >= 0.3 is 11.0 Å². The largest absolute Gasteiger partial charge is 0.418 e. The smallest absolute Gasteiger partial charge is 0.325 e. The fourth-order valence-corrected chi connectivity index (χ4v) is 8.56. The predicted octanol–water partition coefficient (Wildman–Crippen LogP) is 6.81. The summed E-state index contributed by atoms with van der Waals surface area (Å²) in [5, 5.41) is 1.69. The van der Waals surface area contributed by atoms with E-state index in [1.807, 2.05) is 0 Å². The van der Waals surface area contributed by atoms with Crippen molar-refractivity contribution in [3.8, 4) is 0 Å². The minimum absolute atomic E-state index is 0.0478. The second-order valence-electron chi connectivity index (χ2n) is 9.89. The van der Waals surface area contributed by atoms with E-state index in [-0.39, 0.29) is 20.8 Å². The van der Waals surface area contributed by atoms with Crippen LogP contribution in [0.5, 0.6) is 0 Å². The lowest BCUT2D eigenvalue weighted by molar-refractivity contribution is -0.137. The van der Waals surface area contributed by atoms with E-state index in [1.165, 1.54) is 24.3 Å². The monoisotopic (exact) mass is 681 g/mol. The third-order valence-electron chi connectivity index (χ3n) is 7.25. The number of rotatable bonds is 5. The molecule has 6 rings (SSSR count). The maximum atomic E-state index is 14.0. The second-order valence-corrected chi connectivity index (χ2v) is 12.8. The number of anilines is 2. The molecule has 0 aliphatic carbocycles. The van der Waals surface area contributed by atoms with E-state index in [0.717, 1.165) is 58.0 Å². The lowest BCUT2D eigenvalue weighted by atomic mass is 9.83. The van der Waals surface area contributed by atoms with Crippen LogP contribution in [-0.4, -0.2) is 27.5 Å². The third-order valence-corrected chi connectivity index (χ3v) is 10.7. The standard InChI is InChI=1S/C29H17Cl2F4N3O4S2/c30-17-6-3-4-15(22(17)31)20-21-23(26(41)38(25(21)40)18-7-2-1-5-16(18)29(33,34)35)43-27-24(20)44-28(42)37(27)12-19(39)36-14-10-8-13(32)9-11-14/h1-11,20-21,23H,12H2,(H,36,39)/t20-,21-,23+/m0/s1. The number of thioether (sulfide) groups is 1. The van der Waals surface area contributed by atoms with Crippen molar-refractivity contribution in [2.75, 3.05) is 10.2 Å². The van der Waals surface area contributed by atoms with Gasteiger partial charge in [0.1, 0.15) is 17.6 Å². The molecule has 3 amide bonds. The molecular weight excluding hydrogens is 665 g/mol. The highest BCUT2D eigenvalue weighted by Crippen LogP contribution is 2.55. The lowest BCUT2D eigenvalue weighted by Gasteiger charge is -2.31. The highest BCUT2D eigenvalue weighted by atomic mass is 35.5. The molecule has 3 heterocycles. The number of para-hydroxylation sites is 1. The van der Waals surface area contributed by atoms with Gasteiger partial charge in [-0.25, -0.2) is 9.29 Å². The zero-order valence-corrected chi connectivity index (χ0v) is 25.0. The Balaban J connectivity index is 1.46. The number of thiazole rings is 1. The number of aromatic nitrogens is 1. The van der Waals surface area contributed by atoms with Crippen LogP contribution in [0.1, 0.15) is 21.9 Å². The van der Waals surface area contributed by atoms with Gasteiger partial charge in [0, 0.05) is 16.5 Å². The molecular formula is C29H17Cl2F4N3O4S2. The Bertz CT molecular complexity index is 1890. The van der Waals surface area contributed by atoms with Gasteiger partial charge in [0.25, 0.3) is 0 Å². The topological polar surface area (TPSA) is 88.5 Å². The fourth-order valence-electron chi connectivity index (χ4n) is 5.37. The summed E-state index contributed by atoms with van der Waals surface area (Å²) in [6, 6.07) is 13.9. The average Bonchev–Trinajstić information content (AvgIpc) is 3.41. The van der Waals surface area contributed by atoms with Crippen LogP contribution in [0.25, 0.3) is 0 Å². The first-order valence-electron chi connectivity index (χ1n) is 12.8. The molecule has 0 saturated carbocycles. The first kappa shape index (κ1) is 30.4. The number of fused-ring (bicyclic) bond motifs is 2. The number of carbonyl (C=O) groups excluding carboxylic acids is 3. The number of hydrogen-bond donors (Lipinski definition) is 1. The Morgan fingerprint density at radius 3 is 2.34 bits per heavy atom. The van der Waals surface area contributed by atoms with Crippen molar-refractivity contribution in [3.63, 3.8) is 0 Å². The molecule has 1 N–H and O–H groups in total. The molecule has 0 unspecified atom stereocenters. The van der Waals surface area contributed by atoms with Gasteiger partial charge in [-0.2, -0.15) is 13.2 Å². The molecule has 0 radical (unpaired) electrons. The summed E-state index contributed by atoms with van der Waals surface area (Å²) >= 11 is 14.4. The van der Waals surface area contributed by atoms with Crippen molar-refractivity contribution in [1.82, 2.24) is 4.57 Å². The predicted molar refractivity (Wildman–Crippen MR) is 159 cm³/mol. The summed E-state index contributed by atoms with van der Waals surface area (Å²) < 4.78 is 56.3. The number of imide groups is 1. The minimum atomic E-state index is -4.86. The second kappa shape index (κ2) is 11.4. The average molecular weight is 683 g/mol. The molecule has 3 aromatic carbocycles. The molecule has 0 bridgehead atoms. The van der Waals surface area contributed by atoms with Crippen molar-refractivity contribution >= 4 is 75.4 Å². The Labute approximate surface area is 264 Å². The van der Waals surface area contributed by atoms with Crippen LogP contribution in [-0.2, 0) is 27.1 Å². The van der Waals surface area contributed by atoms with Gasteiger partial charge < -0.3 is 5.32 Å². The van der Waals surface area contributed by atoms with Gasteiger partial charge in [-0.05, 0) is 48.0 Å². The van der Waals surface area contributed by atoms with E-state index in [1.54, 1.807) is 12.1 Å². The molecule has 15 heteroatoms. The van der Waals surface area contributed by atoms with E-state index in [9.17, 15) is 36.7 Å². The van der Waals surface area contributed by atoms with Crippen molar-refractivity contribution in [2.24, 2.45) is 5.92 Å². The number of hydrogen-bond acceptors (Lipinski definition) is 6. The van der Waals surface area contributed by atoms with Gasteiger partial charge in [-0.15, -0.1) is 0 Å². The summed E-state index contributed by atoms with van der Waals surface area (Å²) in [6.07, 6.45) is -4.86. The van der Waals surface area contributed by atoms with Crippen LogP contribution in [0.15, 0.2) is 76.6 Å². The third kappa shape index (κ3) is 5.21. The summed E-state index contributed by atoms with van der Waals surface area (Å²) in [7, 11) is 0. The highest BCUT2D eigenvalue weighted by molar-refractivity contribution is 8.00. The Hall–Kier alpha value is -3.65. The molecule has 4 aromatic rings. The molecule has 1 saturated heterocycles. The summed E-state index contributed by atoms with van der Waals surface area (Å²) in [5.74, 6) is -5.22. The highest BCUT2D eigenvalue weighted by Gasteiger charge is 2.58. The van der Waals surface area contributed by atoms with Crippen molar-refractivity contribution in [3.05, 3.63) is 108 Å². The Morgan fingerprint density at radius 2 is 1.64 bits per heavy atom. The first-order chi connectivity index (χ1) is 20.9. The van der Waals surface area contributed by atoms with Gasteiger partial charge in [0.2, 0.25) is 17.7 Å². The fraction of sp³-hybridized carbons (Fsp3) is 0.172. The van der Waals surface area contributed by atoms with Crippen LogP contribution in [0.3, 0.4) is 0 Å². The van der Waals surface area contributed by atoms with Crippen LogP contribution in [0.4, 0.5) is 28.9 Å². The van der Waals surface area contributed by atoms with Crippen LogP contribution in [0.2, 0.25) is 10.0 Å². The van der Waals surface area contributed by atoms with E-state index in [4.69, 9.17) is 23.2 Å². The molecule has 2 aliphatic heterocycles. The number of halogens is 6. The van der Waals surface area contributed by atoms with Crippen molar-refractivity contribution < 1.29 is 31.9 Å². The van der Waals surface area contributed by atoms with E-state index >= 15 is 0 Å². The van der Waals surface area contributed by atoms with Crippen LogP contribution < -0.4 is 15.1 Å². The quantitative estimate of drug-likeness (QED) is 0.185. The van der Waals surface area contributed by atoms with Gasteiger partial charge in [-0.3, -0.25) is 23.7 Å². The Kier molecular flexibility index (Phi) is 7.85. The maximum absolute atomic E-state index is 14.0. The van der Waals surface area contributed by atoms with Crippen molar-refractivity contribution in [2.45, 2.75) is 28.9 Å². The van der Waals surface area contributed by atoms with Gasteiger partial charge in [0.05, 0.1) is 32.2 Å². The minimum Gasteiger partial charge on any atom is -0.325 e. The molecule has 0 spiro atoms. The number of amides is 3. The summed E-state index contributed by atoms with van der Waals surface area (Å²) in [4.78, 5) is 54.3. The number of carbonyl (C=O) groups is 3.